The second kappa shape index (κ2) is 11.1. The lowest BCUT2D eigenvalue weighted by atomic mass is 10.2. The molecule has 0 fully saturated rings. The number of methoxy groups -OCH3 is 1. The van der Waals surface area contributed by atoms with E-state index in [1.54, 1.807) is 63.4 Å². The average molecular weight is 590 g/mol. The third-order valence-electron chi connectivity index (χ3n) is 5.71. The molecule has 0 amide bonds. The molecule has 0 saturated carbocycles. The van der Waals surface area contributed by atoms with E-state index < -0.39 is 5.97 Å². The summed E-state index contributed by atoms with van der Waals surface area (Å²) < 4.78 is 24.3. The van der Waals surface area contributed by atoms with Crippen LogP contribution < -0.4 is 15.0 Å². The minimum Gasteiger partial charge on any atom is -0.496 e. The topological polar surface area (TPSA) is 105 Å². The molecule has 0 aliphatic heterocycles. The van der Waals surface area contributed by atoms with E-state index in [-0.39, 0.29) is 24.1 Å². The van der Waals surface area contributed by atoms with Crippen molar-refractivity contribution in [2.75, 3.05) is 13.7 Å². The maximum absolute atomic E-state index is 13.6. The smallest absolute Gasteiger partial charge is 0.344 e. The van der Waals surface area contributed by atoms with Gasteiger partial charge in [0.1, 0.15) is 17.1 Å². The van der Waals surface area contributed by atoms with Crippen molar-refractivity contribution < 1.29 is 23.4 Å². The summed E-state index contributed by atoms with van der Waals surface area (Å²) in [5.41, 5.74) is 1.24. The second-order valence-electron chi connectivity index (χ2n) is 8.81. The molecule has 0 spiro atoms. The Morgan fingerprint density at radius 2 is 1.90 bits per heavy atom. The van der Waals surface area contributed by atoms with E-state index in [2.05, 4.69) is 21.0 Å². The molecule has 3 aromatic carbocycles. The predicted molar refractivity (Wildman–Crippen MR) is 152 cm³/mol. The van der Waals surface area contributed by atoms with Gasteiger partial charge >= 0.3 is 5.97 Å². The van der Waals surface area contributed by atoms with Crippen LogP contribution in [-0.2, 0) is 9.53 Å². The Labute approximate surface area is 231 Å². The normalized spacial score (nSPS) is 11.5. The van der Waals surface area contributed by atoms with Gasteiger partial charge in [-0.1, -0.05) is 34.1 Å². The van der Waals surface area contributed by atoms with Crippen LogP contribution in [0.5, 0.6) is 11.5 Å². The van der Waals surface area contributed by atoms with Gasteiger partial charge in [-0.15, -0.1) is 0 Å². The van der Waals surface area contributed by atoms with Gasteiger partial charge < -0.3 is 18.6 Å². The number of benzene rings is 3. The van der Waals surface area contributed by atoms with Crippen LogP contribution in [0.3, 0.4) is 0 Å². The molecule has 0 aliphatic carbocycles. The number of aromatic nitrogens is 2. The molecule has 10 heteroatoms. The molecule has 0 unspecified atom stereocenters. The highest BCUT2D eigenvalue weighted by Gasteiger charge is 2.18. The average Bonchev–Trinajstić information content (AvgIpc) is 3.36. The van der Waals surface area contributed by atoms with Crippen molar-refractivity contribution in [3.8, 4) is 23.1 Å². The van der Waals surface area contributed by atoms with Crippen molar-refractivity contribution in [1.82, 2.24) is 9.66 Å². The van der Waals surface area contributed by atoms with Gasteiger partial charge in [0, 0.05) is 10.0 Å². The van der Waals surface area contributed by atoms with E-state index in [4.69, 9.17) is 23.6 Å². The third kappa shape index (κ3) is 5.56. The zero-order chi connectivity index (χ0) is 27.5. The maximum atomic E-state index is 13.6. The van der Waals surface area contributed by atoms with Crippen molar-refractivity contribution in [2.24, 2.45) is 5.10 Å². The molecule has 0 radical (unpaired) electrons. The van der Waals surface area contributed by atoms with Crippen LogP contribution in [0.15, 0.2) is 85.5 Å². The fraction of sp³-hybridized carbons (Fsp3) is 0.172. The molecule has 5 aromatic rings. The fourth-order valence-electron chi connectivity index (χ4n) is 4.02. The van der Waals surface area contributed by atoms with Gasteiger partial charge in [-0.3, -0.25) is 4.79 Å². The number of carbonyl (C=O) groups excluding carboxylic acids is 1. The second-order valence-corrected chi connectivity index (χ2v) is 9.72. The number of hydrogen-bond donors (Lipinski definition) is 0. The Kier molecular flexibility index (Phi) is 7.47. The van der Waals surface area contributed by atoms with Gasteiger partial charge in [0.25, 0.3) is 5.56 Å². The molecule has 0 saturated heterocycles. The Morgan fingerprint density at radius 3 is 2.69 bits per heavy atom. The molecule has 2 heterocycles. The highest BCUT2D eigenvalue weighted by Crippen LogP contribution is 2.33. The van der Waals surface area contributed by atoms with Crippen LogP contribution in [-0.4, -0.2) is 41.7 Å². The van der Waals surface area contributed by atoms with Gasteiger partial charge in [0.15, 0.2) is 12.4 Å². The molecule has 0 atom stereocenters. The van der Waals surface area contributed by atoms with Gasteiger partial charge in [-0.2, -0.15) is 9.78 Å². The van der Waals surface area contributed by atoms with Crippen LogP contribution in [0, 0.1) is 0 Å². The number of carbonyl (C=O) groups is 1. The standard InChI is InChI=1S/C29H24BrN3O6/c1-17(2)38-27(34)16-37-23-12-11-19(30)13-18(23)15-31-33-28(32-22-8-5-4-7-20(22)29(33)35)26-14-21-24(36-3)9-6-10-25(21)39-26/h4-15,17H,16H2,1-3H3. The van der Waals surface area contributed by atoms with Crippen molar-refractivity contribution in [3.63, 3.8) is 0 Å². The minimum atomic E-state index is -0.492. The number of para-hydroxylation sites is 1. The monoisotopic (exact) mass is 589 g/mol. The first-order valence-electron chi connectivity index (χ1n) is 12.1. The highest BCUT2D eigenvalue weighted by atomic mass is 79.9. The SMILES string of the molecule is COc1cccc2oc(-c3nc4ccccc4c(=O)n3N=Cc3cc(Br)ccc3OCC(=O)OC(C)C)cc12. The first-order chi connectivity index (χ1) is 18.8. The van der Waals surface area contributed by atoms with E-state index >= 15 is 0 Å². The molecule has 0 N–H and O–H groups in total. The fourth-order valence-corrected chi connectivity index (χ4v) is 4.40. The summed E-state index contributed by atoms with van der Waals surface area (Å²) in [6, 6.07) is 19.5. The zero-order valence-electron chi connectivity index (χ0n) is 21.4. The predicted octanol–water partition coefficient (Wildman–Crippen LogP) is 5.79. The van der Waals surface area contributed by atoms with Crippen LogP contribution >= 0.6 is 15.9 Å². The van der Waals surface area contributed by atoms with Crippen LogP contribution in [0.2, 0.25) is 0 Å². The van der Waals surface area contributed by atoms with Crippen LogP contribution in [0.4, 0.5) is 0 Å². The number of ether oxygens (including phenoxy) is 3. The molecule has 0 aliphatic rings. The Bertz CT molecular complexity index is 1770. The van der Waals surface area contributed by atoms with E-state index in [9.17, 15) is 9.59 Å². The van der Waals surface area contributed by atoms with Crippen LogP contribution in [0.1, 0.15) is 19.4 Å². The summed E-state index contributed by atoms with van der Waals surface area (Å²) in [5.74, 6) is 1.09. The highest BCUT2D eigenvalue weighted by molar-refractivity contribution is 9.10. The van der Waals surface area contributed by atoms with E-state index in [1.165, 1.54) is 10.9 Å². The number of nitrogens with zero attached hydrogens (tertiary/aromatic N) is 3. The van der Waals surface area contributed by atoms with Crippen molar-refractivity contribution in [1.29, 1.82) is 0 Å². The van der Waals surface area contributed by atoms with Crippen molar-refractivity contribution >= 4 is 50.0 Å². The Morgan fingerprint density at radius 1 is 1.08 bits per heavy atom. The van der Waals surface area contributed by atoms with Gasteiger partial charge in [0.05, 0.1) is 35.7 Å². The lowest BCUT2D eigenvalue weighted by molar-refractivity contribution is -0.149. The Balaban J connectivity index is 1.61. The summed E-state index contributed by atoms with van der Waals surface area (Å²) in [6.45, 7) is 3.26. The lowest BCUT2D eigenvalue weighted by Gasteiger charge is -2.11. The number of fused-ring (bicyclic) bond motifs is 2. The minimum absolute atomic E-state index is 0.214. The lowest BCUT2D eigenvalue weighted by Crippen LogP contribution is -2.20. The summed E-state index contributed by atoms with van der Waals surface area (Å²) in [7, 11) is 1.58. The van der Waals surface area contributed by atoms with E-state index in [1.807, 2.05) is 24.3 Å². The van der Waals surface area contributed by atoms with Gasteiger partial charge in [-0.25, -0.2) is 9.78 Å². The first kappa shape index (κ1) is 26.2. The number of halogens is 1. The van der Waals surface area contributed by atoms with Gasteiger partial charge in [-0.05, 0) is 62.4 Å². The molecule has 5 rings (SSSR count). The molecular weight excluding hydrogens is 566 g/mol. The molecule has 2 aromatic heterocycles. The maximum Gasteiger partial charge on any atom is 0.344 e. The van der Waals surface area contributed by atoms with Crippen molar-refractivity contribution in [2.45, 2.75) is 20.0 Å². The Hall–Kier alpha value is -4.44. The molecule has 9 nitrogen and oxygen atoms in total. The summed E-state index contributed by atoms with van der Waals surface area (Å²) >= 11 is 3.45. The molecular formula is C29H24BrN3O6. The molecule has 39 heavy (non-hydrogen) atoms. The summed E-state index contributed by atoms with van der Waals surface area (Å²) in [5, 5.41) is 5.64. The molecule has 0 bridgehead atoms. The van der Waals surface area contributed by atoms with Gasteiger partial charge in [0.2, 0.25) is 5.82 Å². The van der Waals surface area contributed by atoms with E-state index in [0.717, 1.165) is 9.86 Å². The largest absolute Gasteiger partial charge is 0.496 e. The summed E-state index contributed by atoms with van der Waals surface area (Å²) in [6.07, 6.45) is 1.22. The number of hydrogen-bond acceptors (Lipinski definition) is 8. The first-order valence-corrected chi connectivity index (χ1v) is 12.9. The van der Waals surface area contributed by atoms with Crippen LogP contribution in [0.25, 0.3) is 33.5 Å². The molecule has 198 valence electrons. The third-order valence-corrected chi connectivity index (χ3v) is 6.21. The van der Waals surface area contributed by atoms with E-state index in [0.29, 0.717) is 39.3 Å². The number of furan rings is 1. The number of esters is 1. The zero-order valence-corrected chi connectivity index (χ0v) is 23.0. The quantitative estimate of drug-likeness (QED) is 0.166. The number of rotatable bonds is 8. The van der Waals surface area contributed by atoms with Crippen molar-refractivity contribution in [3.05, 3.63) is 87.1 Å². The summed E-state index contributed by atoms with van der Waals surface area (Å²) in [4.78, 5) is 30.3.